The van der Waals surface area contributed by atoms with E-state index in [-0.39, 0.29) is 0 Å². The van der Waals surface area contributed by atoms with Crippen LogP contribution in [0.4, 0.5) is 5.69 Å². The molecule has 0 spiro atoms. The zero-order chi connectivity index (χ0) is 14.7. The lowest BCUT2D eigenvalue weighted by Crippen LogP contribution is -2.01. The van der Waals surface area contributed by atoms with Crippen LogP contribution in [-0.4, -0.2) is 26.4 Å². The molecule has 0 aliphatic heterocycles. The van der Waals surface area contributed by atoms with E-state index in [1.165, 1.54) is 6.33 Å². The fourth-order valence-corrected chi connectivity index (χ4v) is 2.00. The molecule has 0 saturated carbocycles. The smallest absolute Gasteiger partial charge is 0.218 e. The minimum Gasteiger partial charge on any atom is -0.478 e. The highest BCUT2D eigenvalue weighted by Crippen LogP contribution is 2.22. The lowest BCUT2D eigenvalue weighted by Gasteiger charge is -2.03. The van der Waals surface area contributed by atoms with Crippen LogP contribution < -0.4 is 10.5 Å². The van der Waals surface area contributed by atoms with E-state index in [2.05, 4.69) is 15.1 Å². The van der Waals surface area contributed by atoms with Crippen molar-refractivity contribution in [1.82, 2.24) is 19.7 Å². The first kappa shape index (κ1) is 13.1. The van der Waals surface area contributed by atoms with Crippen LogP contribution in [0.2, 0.25) is 0 Å². The molecule has 0 radical (unpaired) electrons. The summed E-state index contributed by atoms with van der Waals surface area (Å²) in [6.07, 6.45) is 5.13. The standard InChI is InChI=1S/C15H15N5O/c1-2-21-15-7-14(17-10-18-15)20-9-12(8-19-20)11-4-3-5-13(16)6-11/h3-10H,2,16H2,1H3. The molecule has 0 aliphatic carbocycles. The van der Waals surface area contributed by atoms with Crippen LogP contribution in [0.5, 0.6) is 5.88 Å². The van der Waals surface area contributed by atoms with Gasteiger partial charge in [-0.2, -0.15) is 5.10 Å². The van der Waals surface area contributed by atoms with Crippen LogP contribution in [-0.2, 0) is 0 Å². The van der Waals surface area contributed by atoms with Gasteiger partial charge in [-0.3, -0.25) is 0 Å². The minimum absolute atomic E-state index is 0.531. The van der Waals surface area contributed by atoms with Crippen LogP contribution in [0.15, 0.2) is 49.1 Å². The molecular weight excluding hydrogens is 266 g/mol. The molecule has 3 aromatic rings. The maximum absolute atomic E-state index is 5.80. The topological polar surface area (TPSA) is 78.9 Å². The Morgan fingerprint density at radius 3 is 2.90 bits per heavy atom. The predicted octanol–water partition coefficient (Wildman–Crippen LogP) is 2.31. The number of aromatic nitrogens is 4. The molecule has 0 fully saturated rings. The molecule has 0 bridgehead atoms. The van der Waals surface area contributed by atoms with Gasteiger partial charge in [-0.1, -0.05) is 12.1 Å². The predicted molar refractivity (Wildman–Crippen MR) is 80.2 cm³/mol. The number of benzene rings is 1. The van der Waals surface area contributed by atoms with E-state index in [4.69, 9.17) is 10.5 Å². The molecule has 1 aromatic carbocycles. The highest BCUT2D eigenvalue weighted by atomic mass is 16.5. The van der Waals surface area contributed by atoms with Crippen molar-refractivity contribution in [3.63, 3.8) is 0 Å². The summed E-state index contributed by atoms with van der Waals surface area (Å²) in [6.45, 7) is 2.47. The maximum Gasteiger partial charge on any atom is 0.218 e. The van der Waals surface area contributed by atoms with E-state index in [9.17, 15) is 0 Å². The summed E-state index contributed by atoms with van der Waals surface area (Å²) < 4.78 is 7.05. The molecule has 3 rings (SSSR count). The number of nitrogens with two attached hydrogens (primary N) is 1. The molecule has 106 valence electrons. The van der Waals surface area contributed by atoms with Crippen molar-refractivity contribution < 1.29 is 4.74 Å². The van der Waals surface area contributed by atoms with Crippen molar-refractivity contribution in [2.24, 2.45) is 0 Å². The largest absolute Gasteiger partial charge is 0.478 e. The summed E-state index contributed by atoms with van der Waals surface area (Å²) in [5.74, 6) is 1.19. The Labute approximate surface area is 122 Å². The minimum atomic E-state index is 0.531. The second-order valence-electron chi connectivity index (χ2n) is 4.45. The van der Waals surface area contributed by atoms with Gasteiger partial charge in [0.05, 0.1) is 12.8 Å². The van der Waals surface area contributed by atoms with Gasteiger partial charge in [-0.15, -0.1) is 0 Å². The van der Waals surface area contributed by atoms with E-state index in [0.717, 1.165) is 16.8 Å². The van der Waals surface area contributed by atoms with E-state index >= 15 is 0 Å². The van der Waals surface area contributed by atoms with Crippen molar-refractivity contribution in [2.75, 3.05) is 12.3 Å². The quantitative estimate of drug-likeness (QED) is 0.742. The highest BCUT2D eigenvalue weighted by Gasteiger charge is 2.06. The third-order valence-corrected chi connectivity index (χ3v) is 2.96. The van der Waals surface area contributed by atoms with Crippen LogP contribution >= 0.6 is 0 Å². The Balaban J connectivity index is 1.93. The molecule has 0 saturated heterocycles. The third kappa shape index (κ3) is 2.84. The van der Waals surface area contributed by atoms with Gasteiger partial charge in [0.2, 0.25) is 5.88 Å². The van der Waals surface area contributed by atoms with Gasteiger partial charge in [-0.25, -0.2) is 14.6 Å². The first-order chi connectivity index (χ1) is 10.3. The fraction of sp³-hybridized carbons (Fsp3) is 0.133. The van der Waals surface area contributed by atoms with Crippen molar-refractivity contribution in [3.8, 4) is 22.8 Å². The SMILES string of the molecule is CCOc1cc(-n2cc(-c3cccc(N)c3)cn2)ncn1. The molecular formula is C15H15N5O. The van der Waals surface area contributed by atoms with Crippen molar-refractivity contribution in [1.29, 1.82) is 0 Å². The van der Waals surface area contributed by atoms with E-state index in [1.54, 1.807) is 16.9 Å². The summed E-state index contributed by atoms with van der Waals surface area (Å²) in [6, 6.07) is 9.42. The van der Waals surface area contributed by atoms with Gasteiger partial charge in [0.15, 0.2) is 5.82 Å². The van der Waals surface area contributed by atoms with Crippen LogP contribution in [0.25, 0.3) is 16.9 Å². The number of anilines is 1. The number of nitrogen functional groups attached to an aromatic ring is 1. The zero-order valence-corrected chi connectivity index (χ0v) is 11.6. The van der Waals surface area contributed by atoms with Gasteiger partial charge < -0.3 is 10.5 Å². The highest BCUT2D eigenvalue weighted by molar-refractivity contribution is 5.66. The first-order valence-electron chi connectivity index (χ1n) is 6.62. The lowest BCUT2D eigenvalue weighted by atomic mass is 10.1. The Bertz CT molecular complexity index is 753. The van der Waals surface area contributed by atoms with Gasteiger partial charge in [0.1, 0.15) is 6.33 Å². The molecule has 6 heteroatoms. The molecule has 0 atom stereocenters. The Morgan fingerprint density at radius 1 is 1.19 bits per heavy atom. The second kappa shape index (κ2) is 5.62. The zero-order valence-electron chi connectivity index (χ0n) is 11.6. The molecule has 0 unspecified atom stereocenters. The number of rotatable bonds is 4. The van der Waals surface area contributed by atoms with E-state index in [1.807, 2.05) is 37.4 Å². The molecule has 6 nitrogen and oxygen atoms in total. The number of ether oxygens (including phenoxy) is 1. The summed E-state index contributed by atoms with van der Waals surface area (Å²) in [5, 5.41) is 4.32. The van der Waals surface area contributed by atoms with Crippen LogP contribution in [0.3, 0.4) is 0 Å². The van der Waals surface area contributed by atoms with Crippen molar-refractivity contribution in [3.05, 3.63) is 49.1 Å². The van der Waals surface area contributed by atoms with Gasteiger partial charge in [0, 0.05) is 23.5 Å². The average Bonchev–Trinajstić information content (AvgIpc) is 2.98. The van der Waals surface area contributed by atoms with E-state index < -0.39 is 0 Å². The van der Waals surface area contributed by atoms with Gasteiger partial charge >= 0.3 is 0 Å². The molecule has 0 amide bonds. The third-order valence-electron chi connectivity index (χ3n) is 2.96. The summed E-state index contributed by atoms with van der Waals surface area (Å²) in [4.78, 5) is 8.24. The summed E-state index contributed by atoms with van der Waals surface area (Å²) in [7, 11) is 0. The van der Waals surface area contributed by atoms with Gasteiger partial charge in [-0.05, 0) is 24.6 Å². The van der Waals surface area contributed by atoms with E-state index in [0.29, 0.717) is 18.3 Å². The summed E-state index contributed by atoms with van der Waals surface area (Å²) >= 11 is 0. The normalized spacial score (nSPS) is 10.5. The first-order valence-corrected chi connectivity index (χ1v) is 6.62. The Hall–Kier alpha value is -2.89. The van der Waals surface area contributed by atoms with Gasteiger partial charge in [0.25, 0.3) is 0 Å². The molecule has 2 N–H and O–H groups in total. The Kier molecular flexibility index (Phi) is 3.51. The molecule has 2 heterocycles. The summed E-state index contributed by atoms with van der Waals surface area (Å²) in [5.41, 5.74) is 8.51. The van der Waals surface area contributed by atoms with Crippen LogP contribution in [0.1, 0.15) is 6.92 Å². The lowest BCUT2D eigenvalue weighted by molar-refractivity contribution is 0.326. The maximum atomic E-state index is 5.80. The molecule has 2 aromatic heterocycles. The fourth-order valence-electron chi connectivity index (χ4n) is 2.00. The van der Waals surface area contributed by atoms with Crippen LogP contribution in [0, 0.1) is 0 Å². The van der Waals surface area contributed by atoms with Crippen molar-refractivity contribution in [2.45, 2.75) is 6.92 Å². The monoisotopic (exact) mass is 281 g/mol. The average molecular weight is 281 g/mol. The number of hydrogen-bond donors (Lipinski definition) is 1. The number of hydrogen-bond acceptors (Lipinski definition) is 5. The molecule has 21 heavy (non-hydrogen) atoms. The second-order valence-corrected chi connectivity index (χ2v) is 4.45. The molecule has 0 aliphatic rings. The van der Waals surface area contributed by atoms with Crippen molar-refractivity contribution >= 4 is 5.69 Å². The Morgan fingerprint density at radius 2 is 2.10 bits per heavy atom. The number of nitrogens with zero attached hydrogens (tertiary/aromatic N) is 4.